The molecule has 1 atom stereocenters. The lowest BCUT2D eigenvalue weighted by molar-refractivity contribution is 0.318. The minimum absolute atomic E-state index is 0.112. The highest BCUT2D eigenvalue weighted by molar-refractivity contribution is 5.97. The molecule has 5 heteroatoms. The Morgan fingerprint density at radius 2 is 2.29 bits per heavy atom. The van der Waals surface area contributed by atoms with Gasteiger partial charge in [0.2, 0.25) is 0 Å². The van der Waals surface area contributed by atoms with Gasteiger partial charge in [-0.3, -0.25) is 0 Å². The van der Waals surface area contributed by atoms with Crippen LogP contribution in [0.15, 0.2) is 23.4 Å². The van der Waals surface area contributed by atoms with Gasteiger partial charge in [0.25, 0.3) is 0 Å². The van der Waals surface area contributed by atoms with E-state index < -0.39 is 0 Å². The maximum Gasteiger partial charge on any atom is 0.170 e. The molecular formula is C16H25N3O2. The Bertz CT molecular complexity index is 526. The van der Waals surface area contributed by atoms with Gasteiger partial charge in [0, 0.05) is 23.7 Å². The van der Waals surface area contributed by atoms with Crippen LogP contribution in [0.4, 0.5) is 0 Å². The van der Waals surface area contributed by atoms with Crippen molar-refractivity contribution >= 4 is 5.84 Å². The molecule has 1 unspecified atom stereocenters. The zero-order valence-corrected chi connectivity index (χ0v) is 13.0. The van der Waals surface area contributed by atoms with Gasteiger partial charge in [0.1, 0.15) is 5.75 Å². The minimum atomic E-state index is 0.112. The normalized spacial score (nSPS) is 21.5. The number of hydrogen-bond acceptors (Lipinski definition) is 4. The molecule has 0 spiro atoms. The van der Waals surface area contributed by atoms with Crippen molar-refractivity contribution in [2.24, 2.45) is 16.3 Å². The molecule has 1 aliphatic carbocycles. The molecule has 2 rings (SSSR count). The third-order valence-electron chi connectivity index (χ3n) is 4.23. The monoisotopic (exact) mass is 291 g/mol. The minimum Gasteiger partial charge on any atom is -0.496 e. The first-order valence-corrected chi connectivity index (χ1v) is 7.33. The van der Waals surface area contributed by atoms with Crippen LogP contribution in [0.5, 0.6) is 5.75 Å². The summed E-state index contributed by atoms with van der Waals surface area (Å²) in [5, 5.41) is 15.4. The van der Waals surface area contributed by atoms with E-state index in [0.29, 0.717) is 17.0 Å². The summed E-state index contributed by atoms with van der Waals surface area (Å²) in [6.07, 6.45) is 3.65. The number of rotatable bonds is 5. The highest BCUT2D eigenvalue weighted by Crippen LogP contribution is 2.37. The smallest absolute Gasteiger partial charge is 0.170 e. The van der Waals surface area contributed by atoms with Crippen molar-refractivity contribution in [1.29, 1.82) is 0 Å². The Morgan fingerprint density at radius 1 is 1.52 bits per heavy atom. The van der Waals surface area contributed by atoms with Crippen LogP contribution >= 0.6 is 0 Å². The second kappa shape index (κ2) is 6.35. The van der Waals surface area contributed by atoms with Crippen molar-refractivity contribution in [2.45, 2.75) is 45.7 Å². The third kappa shape index (κ3) is 3.88. The molecule has 5 nitrogen and oxygen atoms in total. The number of methoxy groups -OCH3 is 1. The third-order valence-corrected chi connectivity index (χ3v) is 4.23. The number of amidine groups is 1. The first-order chi connectivity index (χ1) is 9.95. The van der Waals surface area contributed by atoms with Gasteiger partial charge in [0.05, 0.1) is 7.11 Å². The number of hydrogen-bond donors (Lipinski definition) is 3. The Balaban J connectivity index is 2.07. The fourth-order valence-corrected chi connectivity index (χ4v) is 3.00. The molecule has 21 heavy (non-hydrogen) atoms. The molecule has 0 amide bonds. The number of nitrogens with one attached hydrogen (secondary N) is 1. The zero-order valence-electron chi connectivity index (χ0n) is 13.0. The standard InChI is InChI=1S/C16H25N3O2/c1-16(2)7-6-13(9-16)18-10-12-8-11(15(17)19-20)4-5-14(12)21-3/h4-5,8,13,18,20H,6-7,9-10H2,1-3H3,(H2,17,19). The van der Waals surface area contributed by atoms with E-state index in [1.807, 2.05) is 12.1 Å². The molecule has 0 aromatic heterocycles. The van der Waals surface area contributed by atoms with E-state index >= 15 is 0 Å². The summed E-state index contributed by atoms with van der Waals surface area (Å²) in [4.78, 5) is 0. The van der Waals surface area contributed by atoms with Gasteiger partial charge in [-0.25, -0.2) is 0 Å². The highest BCUT2D eigenvalue weighted by Gasteiger charge is 2.30. The van der Waals surface area contributed by atoms with E-state index in [1.165, 1.54) is 19.3 Å². The van der Waals surface area contributed by atoms with E-state index in [9.17, 15) is 0 Å². The predicted octanol–water partition coefficient (Wildman–Crippen LogP) is 2.46. The van der Waals surface area contributed by atoms with Gasteiger partial charge >= 0.3 is 0 Å². The molecule has 4 N–H and O–H groups in total. The summed E-state index contributed by atoms with van der Waals surface area (Å²) in [5.74, 6) is 0.926. The zero-order chi connectivity index (χ0) is 15.5. The van der Waals surface area contributed by atoms with Crippen molar-refractivity contribution in [2.75, 3.05) is 7.11 Å². The van der Waals surface area contributed by atoms with Crippen molar-refractivity contribution in [3.05, 3.63) is 29.3 Å². The fraction of sp³-hybridized carbons (Fsp3) is 0.562. The lowest BCUT2D eigenvalue weighted by Gasteiger charge is -2.18. The average Bonchev–Trinajstić information content (AvgIpc) is 2.83. The number of benzene rings is 1. The summed E-state index contributed by atoms with van der Waals surface area (Å²) in [7, 11) is 1.65. The SMILES string of the molecule is COc1ccc(/C(N)=N/O)cc1CNC1CCC(C)(C)C1. The number of ether oxygens (including phenoxy) is 1. The van der Waals surface area contributed by atoms with Crippen LogP contribution < -0.4 is 15.8 Å². The number of nitrogens with zero attached hydrogens (tertiary/aromatic N) is 1. The molecule has 1 aliphatic rings. The lowest BCUT2D eigenvalue weighted by Crippen LogP contribution is -2.27. The Morgan fingerprint density at radius 3 is 2.86 bits per heavy atom. The van der Waals surface area contributed by atoms with Crippen LogP contribution in [0.25, 0.3) is 0 Å². The van der Waals surface area contributed by atoms with Crippen LogP contribution in [0.3, 0.4) is 0 Å². The molecule has 0 heterocycles. The summed E-state index contributed by atoms with van der Waals surface area (Å²) in [6, 6.07) is 6.08. The maximum absolute atomic E-state index is 8.78. The van der Waals surface area contributed by atoms with Crippen molar-refractivity contribution in [3.8, 4) is 5.75 Å². The first-order valence-electron chi connectivity index (χ1n) is 7.33. The van der Waals surface area contributed by atoms with E-state index in [1.54, 1.807) is 13.2 Å². The lowest BCUT2D eigenvalue weighted by atomic mass is 9.92. The fourth-order valence-electron chi connectivity index (χ4n) is 3.00. The van der Waals surface area contributed by atoms with Crippen LogP contribution in [-0.4, -0.2) is 24.2 Å². The van der Waals surface area contributed by atoms with Crippen LogP contribution in [0, 0.1) is 5.41 Å². The van der Waals surface area contributed by atoms with Gasteiger partial charge in [-0.2, -0.15) is 0 Å². The van der Waals surface area contributed by atoms with E-state index in [2.05, 4.69) is 24.3 Å². The van der Waals surface area contributed by atoms with Gasteiger partial charge < -0.3 is 21.0 Å². The molecule has 0 aliphatic heterocycles. The average molecular weight is 291 g/mol. The molecule has 0 saturated heterocycles. The van der Waals surface area contributed by atoms with E-state index in [0.717, 1.165) is 17.9 Å². The quantitative estimate of drug-likeness (QED) is 0.337. The predicted molar refractivity (Wildman–Crippen MR) is 83.8 cm³/mol. The molecule has 1 aromatic rings. The first kappa shape index (κ1) is 15.6. The highest BCUT2D eigenvalue weighted by atomic mass is 16.5. The van der Waals surface area contributed by atoms with Crippen molar-refractivity contribution in [1.82, 2.24) is 5.32 Å². The largest absolute Gasteiger partial charge is 0.496 e. The van der Waals surface area contributed by atoms with Crippen LogP contribution in [-0.2, 0) is 6.54 Å². The summed E-state index contributed by atoms with van der Waals surface area (Å²) >= 11 is 0. The van der Waals surface area contributed by atoms with Crippen molar-refractivity contribution < 1.29 is 9.94 Å². The van der Waals surface area contributed by atoms with Crippen LogP contribution in [0.2, 0.25) is 0 Å². The molecule has 116 valence electrons. The molecular weight excluding hydrogens is 266 g/mol. The van der Waals surface area contributed by atoms with Crippen molar-refractivity contribution in [3.63, 3.8) is 0 Å². The Hall–Kier alpha value is -1.75. The molecule has 1 fully saturated rings. The van der Waals surface area contributed by atoms with Gasteiger partial charge in [-0.15, -0.1) is 0 Å². The van der Waals surface area contributed by atoms with E-state index in [4.69, 9.17) is 15.7 Å². The van der Waals surface area contributed by atoms with Gasteiger partial charge in [-0.1, -0.05) is 19.0 Å². The second-order valence-electron chi connectivity index (χ2n) is 6.50. The summed E-state index contributed by atoms with van der Waals surface area (Å²) in [5.41, 5.74) is 7.79. The molecule has 1 aromatic carbocycles. The Kier molecular flexibility index (Phi) is 4.73. The number of nitrogens with two attached hydrogens (primary N) is 1. The molecule has 0 radical (unpaired) electrons. The molecule has 0 bridgehead atoms. The van der Waals surface area contributed by atoms with Crippen LogP contribution in [0.1, 0.15) is 44.2 Å². The number of oxime groups is 1. The van der Waals surface area contributed by atoms with Gasteiger partial charge in [-0.05, 0) is 42.9 Å². The van der Waals surface area contributed by atoms with E-state index in [-0.39, 0.29) is 5.84 Å². The van der Waals surface area contributed by atoms with Gasteiger partial charge in [0.15, 0.2) is 5.84 Å². The topological polar surface area (TPSA) is 79.9 Å². The summed E-state index contributed by atoms with van der Waals surface area (Å²) < 4.78 is 5.39. The second-order valence-corrected chi connectivity index (χ2v) is 6.50. The molecule has 1 saturated carbocycles. The Labute approximate surface area is 126 Å². The summed E-state index contributed by atoms with van der Waals surface area (Å²) in [6.45, 7) is 5.35. The maximum atomic E-state index is 8.78.